The van der Waals surface area contributed by atoms with Crippen molar-refractivity contribution in [3.05, 3.63) is 95.6 Å². The van der Waals surface area contributed by atoms with Crippen molar-refractivity contribution in [2.24, 2.45) is 0 Å². The maximum Gasteiger partial charge on any atom is 0.255 e. The summed E-state index contributed by atoms with van der Waals surface area (Å²) in [5, 5.41) is 5.46. The van der Waals surface area contributed by atoms with Gasteiger partial charge in [0.25, 0.3) is 5.91 Å². The fourth-order valence-corrected chi connectivity index (χ4v) is 2.46. The van der Waals surface area contributed by atoms with E-state index < -0.39 is 0 Å². The van der Waals surface area contributed by atoms with Crippen LogP contribution in [0.15, 0.2) is 73.1 Å². The highest BCUT2D eigenvalue weighted by molar-refractivity contribution is 6.06. The molecule has 5 nitrogen and oxygen atoms in total. The fraction of sp³-hybridized carbons (Fsp3) is 0.0455. The predicted molar refractivity (Wildman–Crippen MR) is 107 cm³/mol. The van der Waals surface area contributed by atoms with Gasteiger partial charge in [-0.05, 0) is 66.6 Å². The van der Waals surface area contributed by atoms with E-state index in [0.717, 1.165) is 11.1 Å². The van der Waals surface area contributed by atoms with E-state index in [0.29, 0.717) is 16.9 Å². The van der Waals surface area contributed by atoms with E-state index >= 15 is 0 Å². The van der Waals surface area contributed by atoms with E-state index in [2.05, 4.69) is 15.6 Å². The van der Waals surface area contributed by atoms with Crippen molar-refractivity contribution in [2.75, 3.05) is 10.6 Å². The standard InChI is InChI=1S/C22H18FN3O2/c1-15-4-6-17(22(28)25-19-9-7-18(23)8-10-19)13-20(15)26-21(27)11-5-16-3-2-12-24-14-16/h2-14H,1H3,(H,25,28)(H,26,27)/b11-5+. The Labute approximate surface area is 161 Å². The predicted octanol–water partition coefficient (Wildman–Crippen LogP) is 4.43. The minimum atomic E-state index is -0.377. The summed E-state index contributed by atoms with van der Waals surface area (Å²) in [5.74, 6) is -1.05. The largest absolute Gasteiger partial charge is 0.322 e. The van der Waals surface area contributed by atoms with Gasteiger partial charge in [0.05, 0.1) is 0 Å². The number of hydrogen-bond donors (Lipinski definition) is 2. The molecule has 2 amide bonds. The first-order chi connectivity index (χ1) is 13.5. The Kier molecular flexibility index (Phi) is 5.91. The van der Waals surface area contributed by atoms with E-state index in [1.165, 1.54) is 30.3 Å². The van der Waals surface area contributed by atoms with Crippen LogP contribution in [-0.4, -0.2) is 16.8 Å². The van der Waals surface area contributed by atoms with Gasteiger partial charge in [-0.25, -0.2) is 4.39 Å². The van der Waals surface area contributed by atoms with Gasteiger partial charge in [0.2, 0.25) is 5.91 Å². The smallest absolute Gasteiger partial charge is 0.255 e. The van der Waals surface area contributed by atoms with E-state index in [4.69, 9.17) is 0 Å². The number of aryl methyl sites for hydroxylation is 1. The van der Waals surface area contributed by atoms with Crippen molar-refractivity contribution in [1.82, 2.24) is 4.98 Å². The monoisotopic (exact) mass is 375 g/mol. The summed E-state index contributed by atoms with van der Waals surface area (Å²) < 4.78 is 13.0. The Bertz CT molecular complexity index is 1020. The number of benzene rings is 2. The molecule has 140 valence electrons. The summed E-state index contributed by atoms with van der Waals surface area (Å²) >= 11 is 0. The number of pyridine rings is 1. The number of nitrogens with one attached hydrogen (secondary N) is 2. The molecule has 0 saturated carbocycles. The third kappa shape index (κ3) is 5.11. The molecular weight excluding hydrogens is 357 g/mol. The van der Waals surface area contributed by atoms with E-state index in [1.807, 2.05) is 13.0 Å². The molecule has 28 heavy (non-hydrogen) atoms. The van der Waals surface area contributed by atoms with Crippen molar-refractivity contribution in [2.45, 2.75) is 6.92 Å². The quantitative estimate of drug-likeness (QED) is 0.648. The van der Waals surface area contributed by atoms with Crippen LogP contribution in [0.2, 0.25) is 0 Å². The first-order valence-corrected chi connectivity index (χ1v) is 8.58. The van der Waals surface area contributed by atoms with Crippen LogP contribution in [0, 0.1) is 12.7 Å². The molecule has 1 aromatic heterocycles. The fourth-order valence-electron chi connectivity index (χ4n) is 2.46. The molecule has 0 aliphatic heterocycles. The van der Waals surface area contributed by atoms with Gasteiger partial charge in [-0.1, -0.05) is 12.1 Å². The highest BCUT2D eigenvalue weighted by Crippen LogP contribution is 2.19. The van der Waals surface area contributed by atoms with Crippen molar-refractivity contribution in [1.29, 1.82) is 0 Å². The summed E-state index contributed by atoms with van der Waals surface area (Å²) in [6, 6.07) is 14.1. The second kappa shape index (κ2) is 8.73. The average molecular weight is 375 g/mol. The molecule has 3 rings (SSSR count). The van der Waals surface area contributed by atoms with Gasteiger partial charge in [-0.3, -0.25) is 14.6 Å². The molecule has 0 bridgehead atoms. The summed E-state index contributed by atoms with van der Waals surface area (Å²) in [6.45, 7) is 1.84. The molecule has 2 N–H and O–H groups in total. The van der Waals surface area contributed by atoms with Crippen LogP contribution < -0.4 is 10.6 Å². The normalized spacial score (nSPS) is 10.6. The number of carbonyl (C=O) groups excluding carboxylic acids is 2. The van der Waals surface area contributed by atoms with Crippen molar-refractivity contribution < 1.29 is 14.0 Å². The van der Waals surface area contributed by atoms with Crippen LogP contribution in [0.1, 0.15) is 21.5 Å². The SMILES string of the molecule is Cc1ccc(C(=O)Nc2ccc(F)cc2)cc1NC(=O)/C=C/c1cccnc1. The Morgan fingerprint density at radius 3 is 2.54 bits per heavy atom. The first-order valence-electron chi connectivity index (χ1n) is 8.58. The van der Waals surface area contributed by atoms with Gasteiger partial charge in [-0.2, -0.15) is 0 Å². The first kappa shape index (κ1) is 19.0. The van der Waals surface area contributed by atoms with Crippen LogP contribution in [0.3, 0.4) is 0 Å². The molecule has 0 radical (unpaired) electrons. The summed E-state index contributed by atoms with van der Waals surface area (Å²) in [4.78, 5) is 28.6. The molecule has 0 saturated heterocycles. The molecule has 0 unspecified atom stereocenters. The van der Waals surface area contributed by atoms with Crippen LogP contribution >= 0.6 is 0 Å². The van der Waals surface area contributed by atoms with Gasteiger partial charge in [-0.15, -0.1) is 0 Å². The van der Waals surface area contributed by atoms with Gasteiger partial charge in [0, 0.05) is 35.4 Å². The van der Waals surface area contributed by atoms with Crippen LogP contribution in [0.4, 0.5) is 15.8 Å². The number of rotatable bonds is 5. The maximum absolute atomic E-state index is 13.0. The Morgan fingerprint density at radius 1 is 1.04 bits per heavy atom. The number of anilines is 2. The van der Waals surface area contributed by atoms with Crippen molar-refractivity contribution >= 4 is 29.3 Å². The van der Waals surface area contributed by atoms with Gasteiger partial charge < -0.3 is 10.6 Å². The Hall–Kier alpha value is -3.80. The lowest BCUT2D eigenvalue weighted by atomic mass is 10.1. The summed E-state index contributed by atoms with van der Waals surface area (Å²) in [5.41, 5.74) is 3.02. The summed E-state index contributed by atoms with van der Waals surface area (Å²) in [6.07, 6.45) is 6.36. The zero-order valence-corrected chi connectivity index (χ0v) is 15.1. The third-order valence-corrected chi connectivity index (χ3v) is 3.97. The summed E-state index contributed by atoms with van der Waals surface area (Å²) in [7, 11) is 0. The van der Waals surface area contributed by atoms with Gasteiger partial charge >= 0.3 is 0 Å². The molecule has 0 fully saturated rings. The van der Waals surface area contributed by atoms with Crippen molar-refractivity contribution in [3.8, 4) is 0 Å². The zero-order valence-electron chi connectivity index (χ0n) is 15.1. The van der Waals surface area contributed by atoms with Crippen LogP contribution in [-0.2, 0) is 4.79 Å². The van der Waals surface area contributed by atoms with E-state index in [1.54, 1.807) is 42.7 Å². The Morgan fingerprint density at radius 2 is 1.82 bits per heavy atom. The van der Waals surface area contributed by atoms with Crippen molar-refractivity contribution in [3.63, 3.8) is 0 Å². The molecule has 1 heterocycles. The highest BCUT2D eigenvalue weighted by atomic mass is 19.1. The minimum Gasteiger partial charge on any atom is -0.322 e. The number of carbonyl (C=O) groups is 2. The average Bonchev–Trinajstić information content (AvgIpc) is 2.70. The second-order valence-electron chi connectivity index (χ2n) is 6.10. The molecule has 6 heteroatoms. The Balaban J connectivity index is 1.70. The zero-order chi connectivity index (χ0) is 19.9. The molecule has 0 aliphatic carbocycles. The molecule has 0 aliphatic rings. The molecule has 3 aromatic rings. The number of halogens is 1. The molecule has 2 aromatic carbocycles. The molecule has 0 atom stereocenters. The number of nitrogens with zero attached hydrogens (tertiary/aromatic N) is 1. The third-order valence-electron chi connectivity index (χ3n) is 3.97. The van der Waals surface area contributed by atoms with Gasteiger partial charge in [0.15, 0.2) is 0 Å². The maximum atomic E-state index is 13.0. The second-order valence-corrected chi connectivity index (χ2v) is 6.10. The highest BCUT2D eigenvalue weighted by Gasteiger charge is 2.10. The number of amides is 2. The van der Waals surface area contributed by atoms with Crippen LogP contribution in [0.5, 0.6) is 0 Å². The number of hydrogen-bond acceptors (Lipinski definition) is 3. The van der Waals surface area contributed by atoms with Gasteiger partial charge in [0.1, 0.15) is 5.82 Å². The minimum absolute atomic E-state index is 0.317. The lowest BCUT2D eigenvalue weighted by molar-refractivity contribution is -0.111. The van der Waals surface area contributed by atoms with E-state index in [-0.39, 0.29) is 17.6 Å². The lowest BCUT2D eigenvalue weighted by Gasteiger charge is -2.10. The molecular formula is C22H18FN3O2. The van der Waals surface area contributed by atoms with Crippen LogP contribution in [0.25, 0.3) is 6.08 Å². The molecule has 0 spiro atoms. The number of aromatic nitrogens is 1. The lowest BCUT2D eigenvalue weighted by Crippen LogP contribution is -2.14. The van der Waals surface area contributed by atoms with E-state index in [9.17, 15) is 14.0 Å². The topological polar surface area (TPSA) is 71.1 Å².